The molecule has 5 nitrogen and oxygen atoms in total. The Bertz CT molecular complexity index is 758. The number of sulfone groups is 1. The second-order valence-corrected chi connectivity index (χ2v) is 6.13. The van der Waals surface area contributed by atoms with Gasteiger partial charge in [0.1, 0.15) is 5.82 Å². The van der Waals surface area contributed by atoms with Crippen molar-refractivity contribution in [3.63, 3.8) is 0 Å². The molecule has 104 valence electrons. The minimum atomic E-state index is -3.74. The van der Waals surface area contributed by atoms with Crippen molar-refractivity contribution in [1.82, 2.24) is 0 Å². The molecule has 0 aromatic heterocycles. The Balaban J connectivity index is 2.33. The van der Waals surface area contributed by atoms with Gasteiger partial charge in [0.05, 0.1) is 15.6 Å². The second kappa shape index (κ2) is 5.38. The lowest BCUT2D eigenvalue weighted by Gasteiger charge is -2.05. The normalized spacial score (nSPS) is 11.2. The standard InChI is InChI=1S/C13H10FNO4S/c14-11-4-2-6-13(8-11)20(18,19)9-10-3-1-5-12(7-10)15(16)17/h1-8H,9H2. The predicted molar refractivity (Wildman–Crippen MR) is 70.4 cm³/mol. The maximum atomic E-state index is 13.1. The third-order valence-corrected chi connectivity index (χ3v) is 4.32. The maximum Gasteiger partial charge on any atom is 0.269 e. The minimum absolute atomic E-state index is 0.149. The maximum absolute atomic E-state index is 13.1. The first-order valence-corrected chi connectivity index (χ1v) is 7.25. The lowest BCUT2D eigenvalue weighted by Crippen LogP contribution is -2.05. The van der Waals surface area contributed by atoms with Gasteiger partial charge in [0, 0.05) is 12.1 Å². The first kappa shape index (κ1) is 14.1. The van der Waals surface area contributed by atoms with Gasteiger partial charge in [-0.05, 0) is 23.8 Å². The number of nitro benzene ring substituents is 1. The molecule has 0 fully saturated rings. The number of halogens is 1. The molecule has 0 N–H and O–H groups in total. The third-order valence-electron chi connectivity index (χ3n) is 2.63. The van der Waals surface area contributed by atoms with E-state index in [9.17, 15) is 22.9 Å². The van der Waals surface area contributed by atoms with Crippen LogP contribution in [-0.4, -0.2) is 13.3 Å². The predicted octanol–water partition coefficient (Wildman–Crippen LogP) is 2.71. The summed E-state index contributed by atoms with van der Waals surface area (Å²) in [6.45, 7) is 0. The van der Waals surface area contributed by atoms with Crippen molar-refractivity contribution in [3.05, 3.63) is 70.0 Å². The summed E-state index contributed by atoms with van der Waals surface area (Å²) in [4.78, 5) is 9.89. The van der Waals surface area contributed by atoms with E-state index in [1.54, 1.807) is 0 Å². The van der Waals surface area contributed by atoms with Crippen LogP contribution in [0.25, 0.3) is 0 Å². The fourth-order valence-corrected chi connectivity index (χ4v) is 3.09. The van der Waals surface area contributed by atoms with Crippen LogP contribution in [0.1, 0.15) is 5.56 Å². The van der Waals surface area contributed by atoms with Gasteiger partial charge in [-0.1, -0.05) is 18.2 Å². The molecule has 0 radical (unpaired) electrons. The molecule has 0 aliphatic heterocycles. The molecule has 2 rings (SSSR count). The van der Waals surface area contributed by atoms with Crippen molar-refractivity contribution < 1.29 is 17.7 Å². The van der Waals surface area contributed by atoms with Crippen LogP contribution in [0.5, 0.6) is 0 Å². The third kappa shape index (κ3) is 3.18. The van der Waals surface area contributed by atoms with Crippen molar-refractivity contribution >= 4 is 15.5 Å². The van der Waals surface area contributed by atoms with E-state index in [0.29, 0.717) is 0 Å². The van der Waals surface area contributed by atoms with Gasteiger partial charge in [0.2, 0.25) is 0 Å². The van der Waals surface area contributed by atoms with Gasteiger partial charge in [-0.15, -0.1) is 0 Å². The van der Waals surface area contributed by atoms with Gasteiger partial charge in [-0.3, -0.25) is 10.1 Å². The Kier molecular flexibility index (Phi) is 3.80. The SMILES string of the molecule is O=[N+]([O-])c1cccc(CS(=O)(=O)c2cccc(F)c2)c1. The van der Waals surface area contributed by atoms with E-state index in [1.165, 1.54) is 36.4 Å². The highest BCUT2D eigenvalue weighted by molar-refractivity contribution is 7.90. The summed E-state index contributed by atoms with van der Waals surface area (Å²) in [5.41, 5.74) is 0.0976. The van der Waals surface area contributed by atoms with Crippen LogP contribution < -0.4 is 0 Å². The molecule has 0 unspecified atom stereocenters. The van der Waals surface area contributed by atoms with Crippen LogP contribution in [0.3, 0.4) is 0 Å². The Morgan fingerprint density at radius 3 is 2.45 bits per heavy atom. The van der Waals surface area contributed by atoms with E-state index in [0.717, 1.165) is 12.1 Å². The van der Waals surface area contributed by atoms with Gasteiger partial charge < -0.3 is 0 Å². The lowest BCUT2D eigenvalue weighted by atomic mass is 10.2. The van der Waals surface area contributed by atoms with E-state index in [-0.39, 0.29) is 16.1 Å². The molecule has 0 amide bonds. The zero-order valence-corrected chi connectivity index (χ0v) is 11.0. The molecule has 0 aliphatic rings. The molecule has 2 aromatic carbocycles. The van der Waals surface area contributed by atoms with E-state index in [4.69, 9.17) is 0 Å². The highest BCUT2D eigenvalue weighted by Crippen LogP contribution is 2.20. The largest absolute Gasteiger partial charge is 0.269 e. The quantitative estimate of drug-likeness (QED) is 0.642. The van der Waals surface area contributed by atoms with Crippen LogP contribution in [0.2, 0.25) is 0 Å². The van der Waals surface area contributed by atoms with Gasteiger partial charge in [-0.2, -0.15) is 0 Å². The molecule has 7 heteroatoms. The zero-order valence-electron chi connectivity index (χ0n) is 10.2. The first-order chi connectivity index (χ1) is 9.38. The number of nitrogens with zero attached hydrogens (tertiary/aromatic N) is 1. The summed E-state index contributed by atoms with van der Waals surface area (Å²) in [5.74, 6) is -1.07. The Hall–Kier alpha value is -2.28. The van der Waals surface area contributed by atoms with Crippen LogP contribution in [-0.2, 0) is 15.6 Å². The second-order valence-electron chi connectivity index (χ2n) is 4.14. The molecular weight excluding hydrogens is 285 g/mol. The molecule has 2 aromatic rings. The van der Waals surface area contributed by atoms with Crippen LogP contribution in [0.4, 0.5) is 10.1 Å². The number of hydrogen-bond donors (Lipinski definition) is 0. The molecule has 0 aliphatic carbocycles. The molecule has 0 heterocycles. The average molecular weight is 295 g/mol. The van der Waals surface area contributed by atoms with Crippen molar-refractivity contribution in [2.45, 2.75) is 10.6 Å². The number of benzene rings is 2. The van der Waals surface area contributed by atoms with Crippen LogP contribution >= 0.6 is 0 Å². The summed E-state index contributed by atoms with van der Waals surface area (Å²) in [7, 11) is -3.74. The first-order valence-electron chi connectivity index (χ1n) is 5.60. The number of non-ortho nitro benzene ring substituents is 1. The summed E-state index contributed by atoms with van der Waals surface area (Å²) in [6, 6.07) is 10.0. The minimum Gasteiger partial charge on any atom is -0.258 e. The molecule has 0 bridgehead atoms. The van der Waals surface area contributed by atoms with Crippen molar-refractivity contribution in [3.8, 4) is 0 Å². The number of rotatable bonds is 4. The summed E-state index contributed by atoms with van der Waals surface area (Å²) in [6.07, 6.45) is 0. The highest BCUT2D eigenvalue weighted by Gasteiger charge is 2.17. The van der Waals surface area contributed by atoms with Crippen LogP contribution in [0.15, 0.2) is 53.4 Å². The molecule has 0 saturated carbocycles. The molecule has 0 saturated heterocycles. The average Bonchev–Trinajstić information content (AvgIpc) is 2.38. The van der Waals surface area contributed by atoms with Gasteiger partial charge >= 0.3 is 0 Å². The topological polar surface area (TPSA) is 77.3 Å². The van der Waals surface area contributed by atoms with E-state index < -0.39 is 26.3 Å². The zero-order chi connectivity index (χ0) is 14.8. The summed E-state index contributed by atoms with van der Waals surface area (Å²) >= 11 is 0. The van der Waals surface area contributed by atoms with E-state index in [2.05, 4.69) is 0 Å². The molecular formula is C13H10FNO4S. The van der Waals surface area contributed by atoms with Crippen LogP contribution in [0, 0.1) is 15.9 Å². The Labute approximate surface area is 114 Å². The smallest absolute Gasteiger partial charge is 0.258 e. The van der Waals surface area contributed by atoms with Crippen molar-refractivity contribution in [2.24, 2.45) is 0 Å². The highest BCUT2D eigenvalue weighted by atomic mass is 32.2. The molecule has 0 atom stereocenters. The van der Waals surface area contributed by atoms with Gasteiger partial charge in [-0.25, -0.2) is 12.8 Å². The van der Waals surface area contributed by atoms with Gasteiger partial charge in [0.25, 0.3) is 5.69 Å². The fraction of sp³-hybridized carbons (Fsp3) is 0.0769. The summed E-state index contributed by atoms with van der Waals surface area (Å²) < 4.78 is 37.2. The van der Waals surface area contributed by atoms with E-state index >= 15 is 0 Å². The van der Waals surface area contributed by atoms with Crippen molar-refractivity contribution in [1.29, 1.82) is 0 Å². The number of hydrogen-bond acceptors (Lipinski definition) is 4. The van der Waals surface area contributed by atoms with Gasteiger partial charge in [0.15, 0.2) is 9.84 Å². The monoisotopic (exact) mass is 295 g/mol. The Morgan fingerprint density at radius 2 is 1.80 bits per heavy atom. The number of nitro groups is 1. The lowest BCUT2D eigenvalue weighted by molar-refractivity contribution is -0.384. The molecule has 0 spiro atoms. The Morgan fingerprint density at radius 1 is 1.10 bits per heavy atom. The summed E-state index contributed by atoms with van der Waals surface area (Å²) in [5, 5.41) is 10.6. The fourth-order valence-electron chi connectivity index (χ4n) is 1.72. The molecule has 20 heavy (non-hydrogen) atoms. The van der Waals surface area contributed by atoms with E-state index in [1.807, 2.05) is 0 Å². The van der Waals surface area contributed by atoms with Crippen molar-refractivity contribution in [2.75, 3.05) is 0 Å².